The SMILES string of the molecule is CCc1cc(Nc2nccn3c(-c4ccc(OC)c(F)c4F)cnc23)ccc1C(=O)NCCNC(=O)[C@H](CCCN/C(=N/C(=O)OC(C)(C)C)N(CCCCO)C(=O)OC(C)(C)C)NC(=O)OC(C)(C)C. The van der Waals surface area contributed by atoms with Gasteiger partial charge in [0.15, 0.2) is 23.0 Å². The van der Waals surface area contributed by atoms with Gasteiger partial charge in [0.1, 0.15) is 22.8 Å². The lowest BCUT2D eigenvalue weighted by molar-refractivity contribution is -0.123. The monoisotopic (exact) mass is 995 g/mol. The van der Waals surface area contributed by atoms with E-state index in [0.717, 1.165) is 4.90 Å². The number of carbonyl (C=O) groups is 5. The molecule has 20 nitrogen and oxygen atoms in total. The van der Waals surface area contributed by atoms with Crippen LogP contribution in [0.4, 0.5) is 34.7 Å². The number of benzene rings is 2. The molecule has 0 fully saturated rings. The number of ether oxygens (including phenoxy) is 4. The predicted molar refractivity (Wildman–Crippen MR) is 263 cm³/mol. The number of alkyl carbamates (subject to hydrolysis) is 1. The number of anilines is 2. The predicted octanol–water partition coefficient (Wildman–Crippen LogP) is 7.40. The molecule has 0 saturated carbocycles. The molecule has 0 radical (unpaired) electrons. The topological polar surface area (TPSA) is 248 Å². The summed E-state index contributed by atoms with van der Waals surface area (Å²) in [6.45, 7) is 17.0. The number of aromatic nitrogens is 3. The molecule has 1 atom stereocenters. The van der Waals surface area contributed by atoms with Crippen LogP contribution in [0.2, 0.25) is 0 Å². The van der Waals surface area contributed by atoms with Gasteiger partial charge < -0.3 is 50.6 Å². The number of hydrogen-bond donors (Lipinski definition) is 6. The van der Waals surface area contributed by atoms with Crippen LogP contribution in [0, 0.1) is 11.6 Å². The minimum atomic E-state index is -1.12. The Morgan fingerprint density at radius 2 is 1.52 bits per heavy atom. The number of hydrogen-bond acceptors (Lipinski definition) is 13. The van der Waals surface area contributed by atoms with Gasteiger partial charge in [0.05, 0.1) is 19.0 Å². The van der Waals surface area contributed by atoms with E-state index in [0.29, 0.717) is 53.2 Å². The van der Waals surface area contributed by atoms with Crippen molar-refractivity contribution in [1.29, 1.82) is 0 Å². The quantitative estimate of drug-likeness (QED) is 0.0232. The van der Waals surface area contributed by atoms with E-state index in [4.69, 9.17) is 18.9 Å². The van der Waals surface area contributed by atoms with Crippen LogP contribution in [0.3, 0.4) is 0 Å². The third-order valence-corrected chi connectivity index (χ3v) is 9.88. The van der Waals surface area contributed by atoms with Gasteiger partial charge in [-0.1, -0.05) is 6.92 Å². The van der Waals surface area contributed by atoms with Gasteiger partial charge in [0.2, 0.25) is 17.7 Å². The molecule has 0 aliphatic heterocycles. The van der Waals surface area contributed by atoms with Gasteiger partial charge in [0, 0.05) is 62.0 Å². The van der Waals surface area contributed by atoms with Gasteiger partial charge in [-0.2, -0.15) is 4.39 Å². The Bertz CT molecular complexity index is 2530. The number of nitrogens with one attached hydrogen (secondary N) is 5. The average molecular weight is 995 g/mol. The molecule has 5 amide bonds. The summed E-state index contributed by atoms with van der Waals surface area (Å²) in [5.74, 6) is -3.23. The average Bonchev–Trinajstić information content (AvgIpc) is 3.71. The van der Waals surface area contributed by atoms with Crippen LogP contribution in [0.1, 0.15) is 111 Å². The summed E-state index contributed by atoms with van der Waals surface area (Å²) < 4.78 is 52.5. The fourth-order valence-electron chi connectivity index (χ4n) is 6.77. The van der Waals surface area contributed by atoms with Gasteiger partial charge in [-0.3, -0.25) is 14.0 Å². The maximum atomic E-state index is 15.0. The molecular weight excluding hydrogens is 927 g/mol. The highest BCUT2D eigenvalue weighted by atomic mass is 19.2. The summed E-state index contributed by atoms with van der Waals surface area (Å²) in [6, 6.07) is 6.74. The number of aryl methyl sites for hydroxylation is 1. The van der Waals surface area contributed by atoms with E-state index in [2.05, 4.69) is 41.5 Å². The zero-order valence-corrected chi connectivity index (χ0v) is 42.4. The van der Waals surface area contributed by atoms with Crippen molar-refractivity contribution >= 4 is 53.2 Å². The highest BCUT2D eigenvalue weighted by Gasteiger charge is 2.29. The zero-order chi connectivity index (χ0) is 52.7. The van der Waals surface area contributed by atoms with Crippen LogP contribution in [-0.2, 0) is 25.4 Å². The second kappa shape index (κ2) is 25.1. The van der Waals surface area contributed by atoms with Crippen molar-refractivity contribution in [1.82, 2.24) is 40.5 Å². The highest BCUT2D eigenvalue weighted by molar-refractivity contribution is 5.99. The molecule has 0 spiro atoms. The Morgan fingerprint density at radius 1 is 0.831 bits per heavy atom. The fraction of sp³-hybridized carbons (Fsp3) is 0.510. The number of halogens is 2. The number of nitrogens with zero attached hydrogens (tertiary/aromatic N) is 5. The van der Waals surface area contributed by atoms with Crippen LogP contribution in [-0.4, -0.2) is 123 Å². The number of guanidine groups is 1. The Hall–Kier alpha value is -7.10. The molecule has 388 valence electrons. The first kappa shape index (κ1) is 56.5. The lowest BCUT2D eigenvalue weighted by Crippen LogP contribution is -2.50. The van der Waals surface area contributed by atoms with Gasteiger partial charge in [-0.15, -0.1) is 4.99 Å². The molecule has 0 unspecified atom stereocenters. The molecule has 2 heterocycles. The Labute approximate surface area is 412 Å². The van der Waals surface area contributed by atoms with Crippen molar-refractivity contribution in [3.8, 4) is 17.0 Å². The smallest absolute Gasteiger partial charge is 0.437 e. The molecule has 4 aromatic rings. The van der Waals surface area contributed by atoms with Gasteiger partial charge in [-0.05, 0) is 130 Å². The number of amides is 5. The molecule has 0 saturated heterocycles. The first-order valence-electron chi connectivity index (χ1n) is 23.3. The molecule has 2 aromatic carbocycles. The molecule has 0 aliphatic carbocycles. The highest BCUT2D eigenvalue weighted by Crippen LogP contribution is 2.32. The lowest BCUT2D eigenvalue weighted by atomic mass is 10.0. The van der Waals surface area contributed by atoms with Crippen molar-refractivity contribution in [2.24, 2.45) is 4.99 Å². The summed E-state index contributed by atoms with van der Waals surface area (Å²) in [7, 11) is 1.25. The summed E-state index contributed by atoms with van der Waals surface area (Å²) in [5, 5.41) is 23.8. The largest absolute Gasteiger partial charge is 0.494 e. The molecular formula is C49H68F2N10O10. The van der Waals surface area contributed by atoms with Gasteiger partial charge >= 0.3 is 18.3 Å². The van der Waals surface area contributed by atoms with Crippen molar-refractivity contribution in [2.45, 2.75) is 124 Å². The van der Waals surface area contributed by atoms with Crippen LogP contribution in [0.5, 0.6) is 5.75 Å². The van der Waals surface area contributed by atoms with E-state index >= 15 is 4.39 Å². The van der Waals surface area contributed by atoms with Crippen molar-refractivity contribution in [2.75, 3.05) is 45.2 Å². The maximum Gasteiger partial charge on any atom is 0.437 e. The van der Waals surface area contributed by atoms with Gasteiger partial charge in [0.25, 0.3) is 5.91 Å². The number of aliphatic hydroxyl groups is 1. The third kappa shape index (κ3) is 17.4. The van der Waals surface area contributed by atoms with E-state index in [1.54, 1.807) is 91.1 Å². The third-order valence-electron chi connectivity index (χ3n) is 9.88. The van der Waals surface area contributed by atoms with Crippen LogP contribution < -0.4 is 31.3 Å². The minimum Gasteiger partial charge on any atom is -0.494 e. The first-order valence-corrected chi connectivity index (χ1v) is 23.3. The van der Waals surface area contributed by atoms with E-state index < -0.39 is 64.6 Å². The van der Waals surface area contributed by atoms with Crippen LogP contribution >= 0.6 is 0 Å². The number of methoxy groups -OCH3 is 1. The molecule has 0 aliphatic rings. The maximum absolute atomic E-state index is 15.0. The van der Waals surface area contributed by atoms with E-state index in [-0.39, 0.29) is 62.9 Å². The number of carbonyl (C=O) groups excluding carboxylic acids is 5. The van der Waals surface area contributed by atoms with E-state index in [9.17, 15) is 33.5 Å². The van der Waals surface area contributed by atoms with E-state index in [1.807, 2.05) is 6.92 Å². The lowest BCUT2D eigenvalue weighted by Gasteiger charge is -2.29. The Balaban J connectivity index is 1.42. The fourth-order valence-corrected chi connectivity index (χ4v) is 6.77. The first-order chi connectivity index (χ1) is 33.3. The zero-order valence-electron chi connectivity index (χ0n) is 42.4. The van der Waals surface area contributed by atoms with Crippen LogP contribution in [0.15, 0.2) is 53.9 Å². The van der Waals surface area contributed by atoms with Crippen LogP contribution in [0.25, 0.3) is 16.9 Å². The Morgan fingerprint density at radius 3 is 2.17 bits per heavy atom. The summed E-state index contributed by atoms with van der Waals surface area (Å²) in [5.41, 5.74) is -0.367. The number of aliphatic imine (C=N–C) groups is 1. The second-order valence-corrected chi connectivity index (χ2v) is 19.2. The number of rotatable bonds is 19. The van der Waals surface area contributed by atoms with Crippen molar-refractivity contribution in [3.05, 3.63) is 71.7 Å². The molecule has 22 heteroatoms. The Kier molecular flexibility index (Phi) is 20.0. The van der Waals surface area contributed by atoms with Crippen molar-refractivity contribution < 1.29 is 56.8 Å². The van der Waals surface area contributed by atoms with E-state index in [1.165, 1.54) is 31.6 Å². The number of aliphatic hydroxyl groups excluding tert-OH is 1. The number of fused-ring (bicyclic) bond motifs is 1. The van der Waals surface area contributed by atoms with Crippen molar-refractivity contribution in [3.63, 3.8) is 0 Å². The molecule has 4 rings (SSSR count). The second-order valence-electron chi connectivity index (χ2n) is 19.2. The summed E-state index contributed by atoms with van der Waals surface area (Å²) in [4.78, 5) is 80.2. The van der Waals surface area contributed by atoms with Gasteiger partial charge in [-0.25, -0.2) is 33.6 Å². The summed E-state index contributed by atoms with van der Waals surface area (Å²) >= 11 is 0. The minimum absolute atomic E-state index is 0.00313. The molecule has 6 N–H and O–H groups in total. The molecule has 0 bridgehead atoms. The molecule has 71 heavy (non-hydrogen) atoms. The molecule has 2 aromatic heterocycles. The number of unbranched alkanes of at least 4 members (excludes halogenated alkanes) is 1. The number of imidazole rings is 1. The normalized spacial score (nSPS) is 12.4. The summed E-state index contributed by atoms with van der Waals surface area (Å²) in [6.07, 6.45) is 3.34. The standard InChI is InChI=1S/C49H68F2N10O10/c1-12-30-28-31(57-39-40-56-29-35(60(40)26-24-52-39)33-19-20-36(68-11)38(51)37(33)50)17-18-32(30)41(63)53-22-23-54-42(64)34(58-44(65)69-47(2,3)4)16-15-21-55-43(59-45(66)70-48(5,6)7)61(25-13-14-27-62)46(67)71-49(8,9)10/h17-20,24,26,28-29,34,62H,12-16,21-23,25,27H2,1-11H3,(H,52,57)(H,53,63)(H,54,64)(H,58,65)(H,55,59,66)/t34-/m0/s1.